The summed E-state index contributed by atoms with van der Waals surface area (Å²) in [6.07, 6.45) is 4.46. The lowest BCUT2D eigenvalue weighted by Gasteiger charge is -2.17. The van der Waals surface area contributed by atoms with Crippen LogP contribution in [0.4, 0.5) is 0 Å². The average molecular weight is 443 g/mol. The van der Waals surface area contributed by atoms with Gasteiger partial charge in [-0.25, -0.2) is 4.68 Å². The quantitative estimate of drug-likeness (QED) is 0.413. The first-order valence-corrected chi connectivity index (χ1v) is 10.9. The highest BCUT2D eigenvalue weighted by Gasteiger charge is 2.16. The maximum absolute atomic E-state index is 12.0. The first-order chi connectivity index (χ1) is 16.0. The first kappa shape index (κ1) is 22.1. The third-order valence-electron chi connectivity index (χ3n) is 5.51. The molecule has 33 heavy (non-hydrogen) atoms. The summed E-state index contributed by atoms with van der Waals surface area (Å²) in [7, 11) is 0. The van der Waals surface area contributed by atoms with Gasteiger partial charge in [-0.1, -0.05) is 12.1 Å². The number of ether oxygens (including phenoxy) is 1. The number of nitrogens with zero attached hydrogens (tertiary/aromatic N) is 3. The molecule has 0 radical (unpaired) electrons. The molecule has 7 nitrogen and oxygen atoms in total. The minimum Gasteiger partial charge on any atom is -0.466 e. The molecule has 0 aliphatic carbocycles. The summed E-state index contributed by atoms with van der Waals surface area (Å²) in [5.74, 6) is -0.690. The van der Waals surface area contributed by atoms with E-state index in [1.54, 1.807) is 29.9 Å². The Kier molecular flexibility index (Phi) is 6.40. The van der Waals surface area contributed by atoms with Gasteiger partial charge in [-0.05, 0) is 79.9 Å². The van der Waals surface area contributed by atoms with Crippen molar-refractivity contribution in [2.45, 2.75) is 26.7 Å². The van der Waals surface area contributed by atoms with Crippen LogP contribution in [0.2, 0.25) is 0 Å². The number of nitrogens with two attached hydrogens (primary N) is 1. The fraction of sp³-hybridized carbons (Fsp3) is 0.192. The SMILES string of the molecule is CCOC(=O)CCc1ccc(-c2ccc(-n3cccn3)cc2)n1-c1ccc(C(N)=O)cc1C. The van der Waals surface area contributed by atoms with Gasteiger partial charge in [0.15, 0.2) is 0 Å². The van der Waals surface area contributed by atoms with Gasteiger partial charge in [0.05, 0.1) is 24.4 Å². The first-order valence-electron chi connectivity index (χ1n) is 10.9. The van der Waals surface area contributed by atoms with Gasteiger partial charge < -0.3 is 15.0 Å². The van der Waals surface area contributed by atoms with Gasteiger partial charge in [0, 0.05) is 29.3 Å². The maximum atomic E-state index is 12.0. The molecule has 2 aromatic carbocycles. The lowest BCUT2D eigenvalue weighted by Crippen LogP contribution is -2.12. The van der Waals surface area contributed by atoms with Crippen molar-refractivity contribution >= 4 is 11.9 Å². The van der Waals surface area contributed by atoms with Gasteiger partial charge in [0.1, 0.15) is 0 Å². The topological polar surface area (TPSA) is 92.1 Å². The van der Waals surface area contributed by atoms with Crippen molar-refractivity contribution in [3.05, 3.63) is 89.9 Å². The van der Waals surface area contributed by atoms with Crippen molar-refractivity contribution < 1.29 is 14.3 Å². The Hall–Kier alpha value is -4.13. The van der Waals surface area contributed by atoms with Gasteiger partial charge in [0.2, 0.25) is 5.91 Å². The molecule has 0 aliphatic rings. The van der Waals surface area contributed by atoms with E-state index in [1.165, 1.54) is 0 Å². The summed E-state index contributed by atoms with van der Waals surface area (Å²) in [5.41, 5.74) is 11.7. The Balaban J connectivity index is 1.76. The third kappa shape index (κ3) is 4.72. The zero-order valence-electron chi connectivity index (χ0n) is 18.7. The van der Waals surface area contributed by atoms with Crippen LogP contribution in [-0.2, 0) is 16.0 Å². The van der Waals surface area contributed by atoms with Crippen LogP contribution in [0.5, 0.6) is 0 Å². The number of hydrogen-bond acceptors (Lipinski definition) is 4. The van der Waals surface area contributed by atoms with Gasteiger partial charge in [0.25, 0.3) is 0 Å². The number of hydrogen-bond donors (Lipinski definition) is 1. The maximum Gasteiger partial charge on any atom is 0.306 e. The van der Waals surface area contributed by atoms with E-state index < -0.39 is 5.91 Å². The van der Waals surface area contributed by atoms with Crippen LogP contribution in [0, 0.1) is 6.92 Å². The zero-order chi connectivity index (χ0) is 23.4. The Morgan fingerprint density at radius 2 is 1.85 bits per heavy atom. The van der Waals surface area contributed by atoms with Crippen molar-refractivity contribution in [1.29, 1.82) is 0 Å². The normalized spacial score (nSPS) is 10.8. The number of esters is 1. The molecule has 0 spiro atoms. The largest absolute Gasteiger partial charge is 0.466 e. The minimum absolute atomic E-state index is 0.226. The molecule has 2 N–H and O–H groups in total. The second kappa shape index (κ2) is 9.56. The number of rotatable bonds is 8. The molecule has 0 aliphatic heterocycles. The Bertz CT molecular complexity index is 1270. The molecule has 0 atom stereocenters. The zero-order valence-corrected chi connectivity index (χ0v) is 18.7. The lowest BCUT2D eigenvalue weighted by molar-refractivity contribution is -0.143. The summed E-state index contributed by atoms with van der Waals surface area (Å²) in [6, 6.07) is 19.5. The fourth-order valence-electron chi connectivity index (χ4n) is 3.91. The Morgan fingerprint density at radius 1 is 1.06 bits per heavy atom. The van der Waals surface area contributed by atoms with Crippen LogP contribution in [-0.4, -0.2) is 32.8 Å². The number of aryl methyl sites for hydroxylation is 2. The van der Waals surface area contributed by atoms with E-state index >= 15 is 0 Å². The number of aromatic nitrogens is 3. The molecule has 4 aromatic rings. The number of benzene rings is 2. The van der Waals surface area contributed by atoms with E-state index in [4.69, 9.17) is 10.5 Å². The molecule has 1 amide bonds. The second-order valence-electron chi connectivity index (χ2n) is 7.71. The van der Waals surface area contributed by atoms with E-state index in [2.05, 4.69) is 9.67 Å². The molecule has 7 heteroatoms. The van der Waals surface area contributed by atoms with Crippen molar-refractivity contribution in [1.82, 2.24) is 14.3 Å². The van der Waals surface area contributed by atoms with E-state index in [-0.39, 0.29) is 12.4 Å². The molecular weight excluding hydrogens is 416 g/mol. The van der Waals surface area contributed by atoms with Gasteiger partial charge in [-0.15, -0.1) is 0 Å². The summed E-state index contributed by atoms with van der Waals surface area (Å²) >= 11 is 0. The molecule has 0 unspecified atom stereocenters. The summed E-state index contributed by atoms with van der Waals surface area (Å²) in [6.45, 7) is 4.11. The minimum atomic E-state index is -0.464. The Morgan fingerprint density at radius 3 is 2.48 bits per heavy atom. The molecule has 0 saturated heterocycles. The summed E-state index contributed by atoms with van der Waals surface area (Å²) < 4.78 is 9.04. The van der Waals surface area contributed by atoms with Crippen LogP contribution in [0.3, 0.4) is 0 Å². The van der Waals surface area contributed by atoms with Crippen LogP contribution in [0.1, 0.15) is 35.0 Å². The van der Waals surface area contributed by atoms with E-state index in [0.29, 0.717) is 18.6 Å². The highest BCUT2D eigenvalue weighted by atomic mass is 16.5. The van der Waals surface area contributed by atoms with E-state index in [0.717, 1.165) is 33.9 Å². The molecule has 2 heterocycles. The molecular formula is C26H26N4O3. The highest BCUT2D eigenvalue weighted by molar-refractivity contribution is 5.93. The third-order valence-corrected chi connectivity index (χ3v) is 5.51. The fourth-order valence-corrected chi connectivity index (χ4v) is 3.91. The predicted octanol–water partition coefficient (Wildman–Crippen LogP) is 4.23. The standard InChI is InChI=1S/C26H26N4O3/c1-3-33-25(31)14-11-22-10-13-24(19-5-8-21(9-6-19)29-16-4-15-28-29)30(22)23-12-7-20(26(27)32)17-18(23)2/h4-10,12-13,15-17H,3,11,14H2,1-2H3,(H2,27,32). The smallest absolute Gasteiger partial charge is 0.306 e. The van der Waals surface area contributed by atoms with E-state index in [9.17, 15) is 9.59 Å². The summed E-state index contributed by atoms with van der Waals surface area (Å²) in [4.78, 5) is 23.6. The number of carbonyl (C=O) groups is 2. The van der Waals surface area contributed by atoms with Crippen molar-refractivity contribution in [3.63, 3.8) is 0 Å². The molecule has 168 valence electrons. The van der Waals surface area contributed by atoms with Crippen LogP contribution >= 0.6 is 0 Å². The number of carbonyl (C=O) groups excluding carboxylic acids is 2. The molecule has 0 bridgehead atoms. The molecule has 4 rings (SSSR count). The van der Waals surface area contributed by atoms with Gasteiger partial charge in [-0.2, -0.15) is 5.10 Å². The summed E-state index contributed by atoms with van der Waals surface area (Å²) in [5, 5.41) is 4.28. The highest BCUT2D eigenvalue weighted by Crippen LogP contribution is 2.30. The van der Waals surface area contributed by atoms with Crippen LogP contribution < -0.4 is 5.73 Å². The Labute approximate surface area is 192 Å². The second-order valence-corrected chi connectivity index (χ2v) is 7.71. The van der Waals surface area contributed by atoms with Gasteiger partial charge >= 0.3 is 5.97 Å². The van der Waals surface area contributed by atoms with Crippen LogP contribution in [0.15, 0.2) is 73.1 Å². The average Bonchev–Trinajstić information content (AvgIpc) is 3.48. The monoisotopic (exact) mass is 442 g/mol. The molecule has 0 fully saturated rings. The van der Waals surface area contributed by atoms with Crippen molar-refractivity contribution in [2.75, 3.05) is 6.61 Å². The van der Waals surface area contributed by atoms with Crippen molar-refractivity contribution in [2.24, 2.45) is 5.73 Å². The lowest BCUT2D eigenvalue weighted by atomic mass is 10.1. The van der Waals surface area contributed by atoms with Gasteiger partial charge in [-0.3, -0.25) is 9.59 Å². The number of amides is 1. The van der Waals surface area contributed by atoms with E-state index in [1.807, 2.05) is 61.7 Å². The molecule has 2 aromatic heterocycles. The molecule has 0 saturated carbocycles. The number of primary amides is 1. The van der Waals surface area contributed by atoms with Crippen molar-refractivity contribution in [3.8, 4) is 22.6 Å². The predicted molar refractivity (Wildman–Crippen MR) is 127 cm³/mol. The van der Waals surface area contributed by atoms with Crippen LogP contribution in [0.25, 0.3) is 22.6 Å².